The highest BCUT2D eigenvalue weighted by Gasteiger charge is 2.42. The summed E-state index contributed by atoms with van der Waals surface area (Å²) in [6.07, 6.45) is -1.58. The molecule has 5 rings (SSSR count). The molecule has 2 aliphatic rings. The fraction of sp³-hybridized carbons (Fsp3) is 0.417. The minimum Gasteiger partial charge on any atom is -0.496 e. The molecule has 1 aromatic heterocycles. The Labute approximate surface area is 208 Å². The number of methoxy groups -OCH3 is 1. The average molecular weight is 516 g/mol. The van der Waals surface area contributed by atoms with Crippen molar-refractivity contribution in [3.05, 3.63) is 42.5 Å². The van der Waals surface area contributed by atoms with E-state index in [4.69, 9.17) is 20.0 Å². The normalized spacial score (nSPS) is 27.2. The lowest BCUT2D eigenvalue weighted by atomic mass is 10.0. The largest absolute Gasteiger partial charge is 0.496 e. The van der Waals surface area contributed by atoms with Crippen LogP contribution in [0.4, 0.5) is 5.82 Å². The molecule has 2 aromatic carbocycles. The van der Waals surface area contributed by atoms with E-state index in [9.17, 15) is 18.6 Å². The molecule has 0 radical (unpaired) electrons. The molecule has 5 atom stereocenters. The lowest BCUT2D eigenvalue weighted by molar-refractivity contribution is 0.00637. The number of aromatic nitrogens is 2. The molecule has 1 aliphatic heterocycles. The van der Waals surface area contributed by atoms with Gasteiger partial charge in [0, 0.05) is 24.4 Å². The van der Waals surface area contributed by atoms with Crippen LogP contribution in [0.5, 0.6) is 5.75 Å². The fourth-order valence-electron chi connectivity index (χ4n) is 5.02. The predicted octanol–water partition coefficient (Wildman–Crippen LogP) is 1.49. The van der Waals surface area contributed by atoms with Crippen molar-refractivity contribution in [1.29, 1.82) is 0 Å². The van der Waals surface area contributed by atoms with Crippen LogP contribution in [-0.4, -0.2) is 72.3 Å². The van der Waals surface area contributed by atoms with E-state index in [1.807, 2.05) is 49.4 Å². The summed E-state index contributed by atoms with van der Waals surface area (Å²) in [4.78, 5) is 4.76. The maximum absolute atomic E-state index is 11.2. The van der Waals surface area contributed by atoms with E-state index in [2.05, 4.69) is 9.50 Å². The minimum absolute atomic E-state index is 0.0557. The number of ether oxygens (including phenoxy) is 1. The molecule has 1 saturated carbocycles. The third-order valence-corrected chi connectivity index (χ3v) is 7.20. The van der Waals surface area contributed by atoms with E-state index >= 15 is 0 Å². The number of nitrogens with one attached hydrogen (secondary N) is 1. The van der Waals surface area contributed by atoms with Gasteiger partial charge in [-0.2, -0.15) is 13.5 Å². The van der Waals surface area contributed by atoms with Crippen LogP contribution in [0.15, 0.2) is 47.5 Å². The number of aliphatic imine (C=N–C) groups is 1. The highest BCUT2D eigenvalue weighted by molar-refractivity contribution is 7.84. The molecule has 3 aromatic rings. The molecule has 0 saturated heterocycles. The van der Waals surface area contributed by atoms with Gasteiger partial charge in [0.1, 0.15) is 23.5 Å². The zero-order chi connectivity index (χ0) is 25.6. The van der Waals surface area contributed by atoms with Crippen LogP contribution in [0, 0.1) is 5.92 Å². The summed E-state index contributed by atoms with van der Waals surface area (Å²) >= 11 is 0. The molecule has 0 amide bonds. The first-order valence-electron chi connectivity index (χ1n) is 11.7. The molecule has 12 heteroatoms. The van der Waals surface area contributed by atoms with Gasteiger partial charge in [0.05, 0.1) is 37.1 Å². The molecule has 11 nitrogen and oxygen atoms in total. The molecule has 1 fully saturated rings. The molecule has 2 heterocycles. The molecule has 0 bridgehead atoms. The number of rotatable bonds is 6. The predicted molar refractivity (Wildman–Crippen MR) is 135 cm³/mol. The second kappa shape index (κ2) is 9.45. The van der Waals surface area contributed by atoms with Gasteiger partial charge in [0.25, 0.3) is 0 Å². The van der Waals surface area contributed by atoms with Crippen molar-refractivity contribution in [3.63, 3.8) is 0 Å². The van der Waals surface area contributed by atoms with Crippen molar-refractivity contribution in [2.24, 2.45) is 16.0 Å². The van der Waals surface area contributed by atoms with Crippen LogP contribution in [0.3, 0.4) is 0 Å². The first kappa shape index (κ1) is 24.7. The third-order valence-electron chi connectivity index (χ3n) is 6.74. The van der Waals surface area contributed by atoms with Crippen molar-refractivity contribution in [2.75, 3.05) is 19.0 Å². The molecule has 0 spiro atoms. The summed E-state index contributed by atoms with van der Waals surface area (Å²) in [7, 11) is -2.53. The number of anilines is 1. The first-order valence-corrected chi connectivity index (χ1v) is 13.1. The van der Waals surface area contributed by atoms with Crippen molar-refractivity contribution < 1.29 is 27.6 Å². The molecule has 36 heavy (non-hydrogen) atoms. The molecule has 1 aliphatic carbocycles. The Hall–Kier alpha value is -3.03. The Bertz CT molecular complexity index is 1420. The molecule has 5 N–H and O–H groups in total. The van der Waals surface area contributed by atoms with Crippen molar-refractivity contribution >= 4 is 32.7 Å². The summed E-state index contributed by atoms with van der Waals surface area (Å²) in [5, 5.41) is 36.3. The van der Waals surface area contributed by atoms with E-state index in [0.717, 1.165) is 22.2 Å². The highest BCUT2D eigenvalue weighted by Crippen LogP contribution is 2.38. The molecule has 5 unspecified atom stereocenters. The summed E-state index contributed by atoms with van der Waals surface area (Å²) in [6.45, 7) is 1.70. The number of hydrogen-bond donors (Lipinski definition) is 4. The van der Waals surface area contributed by atoms with Gasteiger partial charge >= 0.3 is 10.3 Å². The Morgan fingerprint density at radius 2 is 2.00 bits per heavy atom. The number of fused-ring (bicyclic) bond motifs is 2. The average Bonchev–Trinajstić information content (AvgIpc) is 3.37. The molecule has 192 valence electrons. The van der Waals surface area contributed by atoms with Crippen LogP contribution < -0.4 is 15.2 Å². The Balaban J connectivity index is 1.51. The van der Waals surface area contributed by atoms with Gasteiger partial charge in [0.2, 0.25) is 0 Å². The number of nitrogens with zero attached hydrogens (tertiary/aromatic N) is 3. The standard InChI is InChI=1S/C24H29N5O6S/c1-13-9-20(27-18-10-15(23(30)24(18)31)12-35-36(25,32)33)29-21(26-13)11-17(28-29)22-16-6-4-3-5-14(16)7-8-19(22)34-2/h3-8,11,13,15,18,23-24,26,30-31H,9-10,12H2,1-2H3,(H2,25,32,33). The monoisotopic (exact) mass is 515 g/mol. The summed E-state index contributed by atoms with van der Waals surface area (Å²) in [5.74, 6) is 1.45. The maximum Gasteiger partial charge on any atom is 0.333 e. The second-order valence-electron chi connectivity index (χ2n) is 9.31. The van der Waals surface area contributed by atoms with E-state index in [-0.39, 0.29) is 19.1 Å². The van der Waals surface area contributed by atoms with Gasteiger partial charge in [-0.15, -0.1) is 0 Å². The lowest BCUT2D eigenvalue weighted by Crippen LogP contribution is -2.35. The summed E-state index contributed by atoms with van der Waals surface area (Å²) in [6, 6.07) is 13.3. The van der Waals surface area contributed by atoms with Crippen molar-refractivity contribution in [1.82, 2.24) is 9.78 Å². The fourth-order valence-corrected chi connectivity index (χ4v) is 5.39. The molecular formula is C24H29N5O6S. The zero-order valence-electron chi connectivity index (χ0n) is 19.9. The quantitative estimate of drug-likeness (QED) is 0.384. The smallest absolute Gasteiger partial charge is 0.333 e. The van der Waals surface area contributed by atoms with Crippen LogP contribution in [-0.2, 0) is 14.5 Å². The van der Waals surface area contributed by atoms with Gasteiger partial charge in [0.15, 0.2) is 0 Å². The van der Waals surface area contributed by atoms with Crippen LogP contribution in [0.2, 0.25) is 0 Å². The number of benzene rings is 2. The van der Waals surface area contributed by atoms with Gasteiger partial charge in [-0.1, -0.05) is 30.3 Å². The van der Waals surface area contributed by atoms with E-state index in [0.29, 0.717) is 23.7 Å². The Morgan fingerprint density at radius 1 is 1.22 bits per heavy atom. The van der Waals surface area contributed by atoms with E-state index in [1.54, 1.807) is 11.8 Å². The topological polar surface area (TPSA) is 161 Å². The van der Waals surface area contributed by atoms with Crippen LogP contribution in [0.1, 0.15) is 19.8 Å². The minimum atomic E-state index is -4.15. The van der Waals surface area contributed by atoms with E-state index < -0.39 is 34.5 Å². The number of aliphatic hydroxyl groups is 2. The maximum atomic E-state index is 11.2. The van der Waals surface area contributed by atoms with Gasteiger partial charge in [-0.25, -0.2) is 9.82 Å². The third kappa shape index (κ3) is 4.70. The molecular weight excluding hydrogens is 486 g/mol. The van der Waals surface area contributed by atoms with Gasteiger partial charge in [-0.05, 0) is 30.2 Å². The van der Waals surface area contributed by atoms with Crippen molar-refractivity contribution in [2.45, 2.75) is 44.1 Å². The van der Waals surface area contributed by atoms with Gasteiger partial charge < -0.3 is 20.3 Å². The van der Waals surface area contributed by atoms with Crippen LogP contribution >= 0.6 is 0 Å². The number of aliphatic hydroxyl groups excluding tert-OH is 2. The Kier molecular flexibility index (Phi) is 6.47. The van der Waals surface area contributed by atoms with Crippen molar-refractivity contribution in [3.8, 4) is 17.0 Å². The SMILES string of the molecule is COc1ccc2ccccc2c1-c1cc2n(n1)C(=NC1CC(COS(N)(=O)=O)C(O)C1O)CC(C)N2. The number of nitrogens with two attached hydrogens (primary N) is 1. The summed E-state index contributed by atoms with van der Waals surface area (Å²) < 4.78 is 34.3. The summed E-state index contributed by atoms with van der Waals surface area (Å²) in [5.41, 5.74) is 1.57. The number of hydrogen-bond acceptors (Lipinski definition) is 9. The van der Waals surface area contributed by atoms with E-state index in [1.165, 1.54) is 0 Å². The highest BCUT2D eigenvalue weighted by atomic mass is 32.2. The Morgan fingerprint density at radius 3 is 2.75 bits per heavy atom. The first-order chi connectivity index (χ1) is 17.1. The zero-order valence-corrected chi connectivity index (χ0v) is 20.7. The van der Waals surface area contributed by atoms with Crippen LogP contribution in [0.25, 0.3) is 22.0 Å². The second-order valence-corrected chi connectivity index (χ2v) is 10.5. The lowest BCUT2D eigenvalue weighted by Gasteiger charge is -2.25. The van der Waals surface area contributed by atoms with Gasteiger partial charge in [-0.3, -0.25) is 9.18 Å².